The Balaban J connectivity index is 2.18. The molecule has 2 unspecified atom stereocenters. The largest absolute Gasteiger partial charge is 0.289 e. The van der Waals surface area contributed by atoms with Crippen LogP contribution in [0.2, 0.25) is 0 Å². The maximum atomic E-state index is 4.33. The molecule has 0 saturated carbocycles. The molecule has 1 heterocycles. The molecule has 10 heavy (non-hydrogen) atoms. The lowest BCUT2D eigenvalue weighted by Gasteiger charge is -2.10. The predicted octanol–water partition coefficient (Wildman–Crippen LogP) is 1.75. The summed E-state index contributed by atoms with van der Waals surface area (Å²) in [6, 6.07) is 0.553. The fourth-order valence-corrected chi connectivity index (χ4v) is 2.74. The molecule has 54 valence electrons. The molecule has 1 aliphatic carbocycles. The van der Waals surface area contributed by atoms with Crippen LogP contribution in [-0.4, -0.2) is 10.7 Å². The van der Waals surface area contributed by atoms with Crippen LogP contribution in [0.1, 0.15) is 6.42 Å². The van der Waals surface area contributed by atoms with Crippen LogP contribution in [-0.2, 0) is 0 Å². The molecule has 2 rings (SSSR count). The van der Waals surface area contributed by atoms with Crippen molar-refractivity contribution >= 4 is 24.4 Å². The Labute approximate surface area is 70.4 Å². The second-order valence-corrected chi connectivity index (χ2v) is 4.47. The van der Waals surface area contributed by atoms with Gasteiger partial charge in [-0.2, -0.15) is 0 Å². The Morgan fingerprint density at radius 3 is 3.40 bits per heavy atom. The van der Waals surface area contributed by atoms with Crippen LogP contribution in [0.15, 0.2) is 23.1 Å². The highest BCUT2D eigenvalue weighted by atomic mass is 32.2. The van der Waals surface area contributed by atoms with E-state index in [1.807, 2.05) is 11.8 Å². The topological polar surface area (TPSA) is 12.0 Å². The molecule has 2 aliphatic rings. The van der Waals surface area contributed by atoms with Crippen molar-refractivity contribution in [1.29, 1.82) is 0 Å². The molecule has 0 radical (unpaired) electrons. The normalized spacial score (nSPS) is 37.5. The molecule has 0 spiro atoms. The van der Waals surface area contributed by atoms with E-state index in [1.54, 1.807) is 0 Å². The van der Waals surface area contributed by atoms with Crippen molar-refractivity contribution in [3.63, 3.8) is 0 Å². The zero-order valence-corrected chi connectivity index (χ0v) is 7.16. The van der Waals surface area contributed by atoms with Crippen molar-refractivity contribution in [3.8, 4) is 0 Å². The summed E-state index contributed by atoms with van der Waals surface area (Å²) in [4.78, 5) is 1.43. The molecule has 1 N–H and O–H groups in total. The van der Waals surface area contributed by atoms with Gasteiger partial charge in [0.15, 0.2) is 0 Å². The molecule has 3 heteroatoms. The van der Waals surface area contributed by atoms with Gasteiger partial charge in [0.25, 0.3) is 0 Å². The van der Waals surface area contributed by atoms with Crippen LogP contribution >= 0.6 is 24.4 Å². The number of thiol groups is 1. The molecule has 0 bridgehead atoms. The summed E-state index contributed by atoms with van der Waals surface area (Å²) in [6.45, 7) is 0. The van der Waals surface area contributed by atoms with E-state index in [2.05, 4.69) is 36.2 Å². The van der Waals surface area contributed by atoms with Gasteiger partial charge in [0.05, 0.1) is 0 Å². The van der Waals surface area contributed by atoms with Crippen LogP contribution in [0.5, 0.6) is 0 Å². The lowest BCUT2D eigenvalue weighted by Crippen LogP contribution is -2.26. The first-order valence-corrected chi connectivity index (χ1v) is 4.73. The van der Waals surface area contributed by atoms with E-state index < -0.39 is 0 Å². The summed E-state index contributed by atoms with van der Waals surface area (Å²) in [6.07, 6.45) is 7.60. The number of hydrogen-bond donors (Lipinski definition) is 2. The van der Waals surface area contributed by atoms with Crippen LogP contribution in [0.3, 0.4) is 0 Å². The minimum Gasteiger partial charge on any atom is -0.289 e. The molecular weight excluding hydrogens is 162 g/mol. The first kappa shape index (κ1) is 6.83. The van der Waals surface area contributed by atoms with Crippen molar-refractivity contribution in [2.45, 2.75) is 17.2 Å². The van der Waals surface area contributed by atoms with Gasteiger partial charge in [-0.05, 0) is 6.42 Å². The van der Waals surface area contributed by atoms with Crippen molar-refractivity contribution in [2.24, 2.45) is 0 Å². The van der Waals surface area contributed by atoms with Crippen LogP contribution in [0.25, 0.3) is 0 Å². The van der Waals surface area contributed by atoms with Crippen molar-refractivity contribution in [3.05, 3.63) is 23.1 Å². The van der Waals surface area contributed by atoms with E-state index >= 15 is 0 Å². The summed E-state index contributed by atoms with van der Waals surface area (Å²) in [7, 11) is 0. The Hall–Kier alpha value is 0.140. The van der Waals surface area contributed by atoms with E-state index in [9.17, 15) is 0 Å². The monoisotopic (exact) mass is 171 g/mol. The molecular formula is C7H9NS2. The quantitative estimate of drug-likeness (QED) is 0.539. The minimum atomic E-state index is 0.302. The molecule has 0 aromatic rings. The van der Waals surface area contributed by atoms with E-state index in [4.69, 9.17) is 0 Å². The molecule has 1 aliphatic heterocycles. The molecule has 0 aromatic heterocycles. The smallest absolute Gasteiger partial charge is 0.102 e. The maximum absolute atomic E-state index is 4.33. The third-order valence-electron chi connectivity index (χ3n) is 1.70. The zero-order chi connectivity index (χ0) is 6.97. The number of nitrogens with one attached hydrogen (secondary N) is 1. The first-order valence-electron chi connectivity index (χ1n) is 3.34. The van der Waals surface area contributed by atoms with E-state index in [0.29, 0.717) is 10.7 Å². The Kier molecular flexibility index (Phi) is 1.80. The minimum absolute atomic E-state index is 0.302. The number of hydrogen-bond acceptors (Lipinski definition) is 3. The van der Waals surface area contributed by atoms with Crippen molar-refractivity contribution in [2.75, 3.05) is 0 Å². The number of allylic oxidation sites excluding steroid dienone is 2. The Morgan fingerprint density at radius 1 is 1.70 bits per heavy atom. The fraction of sp³-hybridized carbons (Fsp3) is 0.429. The van der Waals surface area contributed by atoms with Gasteiger partial charge in [-0.1, -0.05) is 30.0 Å². The highest BCUT2D eigenvalue weighted by Gasteiger charge is 2.26. The second-order valence-electron chi connectivity index (χ2n) is 2.42. The lowest BCUT2D eigenvalue weighted by atomic mass is 10.1. The molecule has 1 nitrogen and oxygen atoms in total. The van der Waals surface area contributed by atoms with Gasteiger partial charge in [0.2, 0.25) is 0 Å². The predicted molar refractivity (Wildman–Crippen MR) is 49.1 cm³/mol. The first-order chi connectivity index (χ1) is 4.86. The Bertz CT molecular complexity index is 198. The zero-order valence-electron chi connectivity index (χ0n) is 5.45. The van der Waals surface area contributed by atoms with E-state index in [-0.39, 0.29) is 0 Å². The molecule has 0 amide bonds. The van der Waals surface area contributed by atoms with Gasteiger partial charge in [-0.3, -0.25) is 5.32 Å². The van der Waals surface area contributed by atoms with E-state index in [0.717, 1.165) is 6.42 Å². The summed E-state index contributed by atoms with van der Waals surface area (Å²) < 4.78 is 0.302. The van der Waals surface area contributed by atoms with E-state index in [1.165, 1.54) is 4.91 Å². The number of fused-ring (bicyclic) bond motifs is 1. The second kappa shape index (κ2) is 2.64. The standard InChI is InChI=1S/C7H9NS2/c9-7-8-5-3-1-2-4-6(5)10-7/h1-2,4-5,7-9H,3H2. The maximum Gasteiger partial charge on any atom is 0.102 e. The SMILES string of the molecule is SC1NC2CC=CC=C2S1. The summed E-state index contributed by atoms with van der Waals surface area (Å²) in [5.41, 5.74) is 0. The van der Waals surface area contributed by atoms with Gasteiger partial charge in [-0.25, -0.2) is 0 Å². The highest BCUT2D eigenvalue weighted by molar-refractivity contribution is 8.13. The van der Waals surface area contributed by atoms with Crippen molar-refractivity contribution in [1.82, 2.24) is 5.32 Å². The summed E-state index contributed by atoms with van der Waals surface area (Å²) >= 11 is 6.14. The highest BCUT2D eigenvalue weighted by Crippen LogP contribution is 2.35. The fourth-order valence-electron chi connectivity index (χ4n) is 1.22. The third kappa shape index (κ3) is 1.13. The lowest BCUT2D eigenvalue weighted by molar-refractivity contribution is 0.657. The number of thioether (sulfide) groups is 1. The molecule has 2 atom stereocenters. The summed E-state index contributed by atoms with van der Waals surface area (Å²) in [5.74, 6) is 0. The molecule has 1 fully saturated rings. The molecule has 0 aromatic carbocycles. The average Bonchev–Trinajstić information content (AvgIpc) is 2.27. The van der Waals surface area contributed by atoms with Gasteiger partial charge >= 0.3 is 0 Å². The molecule has 1 saturated heterocycles. The number of rotatable bonds is 0. The van der Waals surface area contributed by atoms with Crippen LogP contribution in [0.4, 0.5) is 0 Å². The van der Waals surface area contributed by atoms with Gasteiger partial charge in [-0.15, -0.1) is 12.6 Å². The van der Waals surface area contributed by atoms with Gasteiger partial charge < -0.3 is 0 Å². The van der Waals surface area contributed by atoms with Gasteiger partial charge in [0, 0.05) is 10.9 Å². The van der Waals surface area contributed by atoms with Crippen molar-refractivity contribution < 1.29 is 0 Å². The van der Waals surface area contributed by atoms with Crippen LogP contribution < -0.4 is 5.32 Å². The average molecular weight is 171 g/mol. The van der Waals surface area contributed by atoms with Crippen LogP contribution in [0, 0.1) is 0 Å². The Morgan fingerprint density at radius 2 is 2.60 bits per heavy atom. The third-order valence-corrected chi connectivity index (χ3v) is 3.22. The van der Waals surface area contributed by atoms with Gasteiger partial charge in [0.1, 0.15) is 4.71 Å². The summed E-state index contributed by atoms with van der Waals surface area (Å²) in [5, 5.41) is 3.36.